The number of hydrogen-bond acceptors (Lipinski definition) is 3. The molecule has 0 aliphatic carbocycles. The van der Waals surface area contributed by atoms with E-state index in [1.165, 1.54) is 0 Å². The van der Waals surface area contributed by atoms with Crippen LogP contribution in [0.25, 0.3) is 0 Å². The third-order valence-electron chi connectivity index (χ3n) is 3.35. The van der Waals surface area contributed by atoms with E-state index in [2.05, 4.69) is 30.3 Å². The second-order valence-corrected chi connectivity index (χ2v) is 4.71. The van der Waals surface area contributed by atoms with Crippen molar-refractivity contribution < 1.29 is 0 Å². The van der Waals surface area contributed by atoms with E-state index < -0.39 is 0 Å². The molecule has 4 nitrogen and oxygen atoms in total. The Morgan fingerprint density at radius 1 is 1.37 bits per heavy atom. The molecular formula is C15H18N4. The molecule has 0 saturated carbocycles. The number of nitrogens with one attached hydrogen (secondary N) is 1. The summed E-state index contributed by atoms with van der Waals surface area (Å²) < 4.78 is 1.95. The molecule has 0 aliphatic rings. The predicted octanol–water partition coefficient (Wildman–Crippen LogP) is 2.49. The first kappa shape index (κ1) is 13.3. The minimum absolute atomic E-state index is 0.286. The van der Waals surface area contributed by atoms with E-state index >= 15 is 0 Å². The molecule has 0 bridgehead atoms. The maximum absolute atomic E-state index is 8.87. The smallest absolute Gasteiger partial charge is 0.0991 e. The maximum Gasteiger partial charge on any atom is 0.0991 e. The summed E-state index contributed by atoms with van der Waals surface area (Å²) in [7, 11) is 0. The van der Waals surface area contributed by atoms with Crippen LogP contribution in [0.5, 0.6) is 0 Å². The van der Waals surface area contributed by atoms with Crippen LogP contribution in [-0.2, 0) is 6.54 Å². The standard InChI is InChI=1S/C15H18N4/c1-12(13(2)19-8-4-7-18-19)17-11-15-6-3-5-14(9-15)10-16/h3-9,12-13,17H,11H2,1-2H3/t12-,13-/m1/s1. The van der Waals surface area contributed by atoms with Crippen LogP contribution in [0.15, 0.2) is 42.7 Å². The van der Waals surface area contributed by atoms with E-state index in [0.29, 0.717) is 11.6 Å². The van der Waals surface area contributed by atoms with Gasteiger partial charge < -0.3 is 5.32 Å². The molecule has 1 heterocycles. The highest BCUT2D eigenvalue weighted by Crippen LogP contribution is 2.10. The molecule has 2 atom stereocenters. The second-order valence-electron chi connectivity index (χ2n) is 4.71. The number of nitriles is 1. The van der Waals surface area contributed by atoms with E-state index in [0.717, 1.165) is 12.1 Å². The molecular weight excluding hydrogens is 236 g/mol. The quantitative estimate of drug-likeness (QED) is 0.892. The Morgan fingerprint density at radius 2 is 2.21 bits per heavy atom. The molecule has 0 fully saturated rings. The lowest BCUT2D eigenvalue weighted by Gasteiger charge is -2.21. The highest BCUT2D eigenvalue weighted by molar-refractivity contribution is 5.32. The first-order valence-corrected chi connectivity index (χ1v) is 6.42. The number of hydrogen-bond donors (Lipinski definition) is 1. The summed E-state index contributed by atoms with van der Waals surface area (Å²) in [5.74, 6) is 0. The second kappa shape index (κ2) is 6.17. The average Bonchev–Trinajstić information content (AvgIpc) is 2.98. The Balaban J connectivity index is 1.93. The summed E-state index contributed by atoms with van der Waals surface area (Å²) in [4.78, 5) is 0. The van der Waals surface area contributed by atoms with Gasteiger partial charge in [-0.05, 0) is 37.6 Å². The van der Waals surface area contributed by atoms with Crippen LogP contribution in [0.4, 0.5) is 0 Å². The van der Waals surface area contributed by atoms with Crippen LogP contribution in [0, 0.1) is 11.3 Å². The van der Waals surface area contributed by atoms with E-state index in [9.17, 15) is 0 Å². The van der Waals surface area contributed by atoms with Crippen LogP contribution in [-0.4, -0.2) is 15.8 Å². The lowest BCUT2D eigenvalue weighted by Crippen LogP contribution is -2.33. The van der Waals surface area contributed by atoms with Gasteiger partial charge in [0.25, 0.3) is 0 Å². The van der Waals surface area contributed by atoms with E-state index in [1.54, 1.807) is 6.20 Å². The molecule has 2 rings (SSSR count). The molecule has 0 radical (unpaired) electrons. The zero-order chi connectivity index (χ0) is 13.7. The van der Waals surface area contributed by atoms with Gasteiger partial charge in [0.1, 0.15) is 0 Å². The summed E-state index contributed by atoms with van der Waals surface area (Å²) in [6, 6.07) is 12.3. The van der Waals surface area contributed by atoms with Gasteiger partial charge in [0.05, 0.1) is 17.7 Å². The predicted molar refractivity (Wildman–Crippen MR) is 74.4 cm³/mol. The first-order chi connectivity index (χ1) is 9.20. The molecule has 98 valence electrons. The van der Waals surface area contributed by atoms with Gasteiger partial charge in [-0.1, -0.05) is 12.1 Å². The van der Waals surface area contributed by atoms with E-state index in [-0.39, 0.29) is 6.04 Å². The number of rotatable bonds is 5. The fourth-order valence-electron chi connectivity index (χ4n) is 1.95. The summed E-state index contributed by atoms with van der Waals surface area (Å²) in [6.45, 7) is 5.03. The molecule has 0 saturated heterocycles. The van der Waals surface area contributed by atoms with Crippen molar-refractivity contribution in [2.75, 3.05) is 0 Å². The van der Waals surface area contributed by atoms with Gasteiger partial charge in [-0.15, -0.1) is 0 Å². The normalized spacial score (nSPS) is 13.7. The maximum atomic E-state index is 8.87. The van der Waals surface area contributed by atoms with Gasteiger partial charge in [0.15, 0.2) is 0 Å². The van der Waals surface area contributed by atoms with Crippen molar-refractivity contribution in [3.63, 3.8) is 0 Å². The van der Waals surface area contributed by atoms with Crippen LogP contribution < -0.4 is 5.32 Å². The Morgan fingerprint density at radius 3 is 2.89 bits per heavy atom. The van der Waals surface area contributed by atoms with Crippen molar-refractivity contribution in [2.45, 2.75) is 32.5 Å². The first-order valence-electron chi connectivity index (χ1n) is 6.42. The van der Waals surface area contributed by atoms with Crippen molar-refractivity contribution in [2.24, 2.45) is 0 Å². The van der Waals surface area contributed by atoms with Crippen molar-refractivity contribution >= 4 is 0 Å². The molecule has 2 aromatic rings. The number of aromatic nitrogens is 2. The molecule has 4 heteroatoms. The minimum atomic E-state index is 0.286. The van der Waals surface area contributed by atoms with Gasteiger partial charge >= 0.3 is 0 Å². The highest BCUT2D eigenvalue weighted by Gasteiger charge is 2.13. The lowest BCUT2D eigenvalue weighted by atomic mass is 10.1. The lowest BCUT2D eigenvalue weighted by molar-refractivity contribution is 0.365. The summed E-state index contributed by atoms with van der Waals surface area (Å²) in [5.41, 5.74) is 1.82. The number of benzene rings is 1. The molecule has 0 aliphatic heterocycles. The van der Waals surface area contributed by atoms with Gasteiger partial charge in [-0.3, -0.25) is 4.68 Å². The molecule has 1 aromatic carbocycles. The molecule has 0 spiro atoms. The van der Waals surface area contributed by atoms with Crippen LogP contribution in [0.1, 0.15) is 31.0 Å². The van der Waals surface area contributed by atoms with E-state index in [4.69, 9.17) is 5.26 Å². The molecule has 0 amide bonds. The zero-order valence-corrected chi connectivity index (χ0v) is 11.2. The van der Waals surface area contributed by atoms with Gasteiger partial charge in [-0.2, -0.15) is 10.4 Å². The fraction of sp³-hybridized carbons (Fsp3) is 0.333. The summed E-state index contributed by atoms with van der Waals surface area (Å²) >= 11 is 0. The highest BCUT2D eigenvalue weighted by atomic mass is 15.3. The molecule has 0 unspecified atom stereocenters. The average molecular weight is 254 g/mol. The Bertz CT molecular complexity index is 554. The molecule has 19 heavy (non-hydrogen) atoms. The van der Waals surface area contributed by atoms with Crippen molar-refractivity contribution in [3.05, 3.63) is 53.9 Å². The van der Waals surface area contributed by atoms with E-state index in [1.807, 2.05) is 41.2 Å². The van der Waals surface area contributed by atoms with Gasteiger partial charge in [0, 0.05) is 25.0 Å². The monoisotopic (exact) mass is 254 g/mol. The van der Waals surface area contributed by atoms with Gasteiger partial charge in [0.2, 0.25) is 0 Å². The van der Waals surface area contributed by atoms with Gasteiger partial charge in [-0.25, -0.2) is 0 Å². The SMILES string of the molecule is C[C@H]([C@@H](C)NCc1cccc(C#N)c1)n1cccn1. The fourth-order valence-corrected chi connectivity index (χ4v) is 1.95. The third kappa shape index (κ3) is 3.43. The third-order valence-corrected chi connectivity index (χ3v) is 3.35. The largest absolute Gasteiger partial charge is 0.308 e. The number of nitrogens with zero attached hydrogens (tertiary/aromatic N) is 3. The summed E-state index contributed by atoms with van der Waals surface area (Å²) in [6.07, 6.45) is 3.76. The van der Waals surface area contributed by atoms with Crippen LogP contribution in [0.3, 0.4) is 0 Å². The van der Waals surface area contributed by atoms with Crippen molar-refractivity contribution in [1.29, 1.82) is 5.26 Å². The van der Waals surface area contributed by atoms with Crippen LogP contribution >= 0.6 is 0 Å². The minimum Gasteiger partial charge on any atom is -0.308 e. The molecule has 1 aromatic heterocycles. The topological polar surface area (TPSA) is 53.6 Å². The zero-order valence-electron chi connectivity index (χ0n) is 11.2. The Hall–Kier alpha value is -2.12. The van der Waals surface area contributed by atoms with Crippen molar-refractivity contribution in [3.8, 4) is 6.07 Å². The summed E-state index contributed by atoms with van der Waals surface area (Å²) in [5, 5.41) is 16.6. The molecule has 1 N–H and O–H groups in total. The van der Waals surface area contributed by atoms with Crippen LogP contribution in [0.2, 0.25) is 0 Å². The van der Waals surface area contributed by atoms with Crippen molar-refractivity contribution in [1.82, 2.24) is 15.1 Å². The Kier molecular flexibility index (Phi) is 4.32. The Labute approximate surface area is 113 Å².